The Bertz CT molecular complexity index is 567. The highest BCUT2D eigenvalue weighted by atomic mass is 32.1. The van der Waals surface area contributed by atoms with Gasteiger partial charge in [-0.1, -0.05) is 18.2 Å². The Balaban J connectivity index is 1.79. The highest BCUT2D eigenvalue weighted by Crippen LogP contribution is 2.08. The van der Waals surface area contributed by atoms with Crippen LogP contribution in [-0.2, 0) is 6.42 Å². The molecule has 0 atom stereocenters. The smallest absolute Gasteiger partial charge is 0.170 e. The molecular formula is C15H14F2N2S. The second-order valence-electron chi connectivity index (χ2n) is 4.27. The Kier molecular flexibility index (Phi) is 5.01. The molecule has 2 rings (SSSR count). The van der Waals surface area contributed by atoms with E-state index in [0.717, 1.165) is 11.8 Å². The summed E-state index contributed by atoms with van der Waals surface area (Å²) < 4.78 is 26.0. The standard InChI is InChI=1S/C15H14F2N2S/c16-12-8-11(9-13(17)10-12)6-7-18-15(20)19-14-4-2-1-3-5-14/h1-5,8-10H,6-7H2,(H2,18,19,20). The minimum absolute atomic E-state index is 0.480. The van der Waals surface area contributed by atoms with Crippen molar-refractivity contribution in [3.8, 4) is 0 Å². The molecule has 0 aromatic heterocycles. The molecule has 0 fully saturated rings. The van der Waals surface area contributed by atoms with Gasteiger partial charge in [0.2, 0.25) is 0 Å². The van der Waals surface area contributed by atoms with Crippen molar-refractivity contribution in [3.05, 3.63) is 65.7 Å². The molecule has 2 aromatic carbocycles. The van der Waals surface area contributed by atoms with Crippen LogP contribution in [0.3, 0.4) is 0 Å². The van der Waals surface area contributed by atoms with E-state index in [1.54, 1.807) is 0 Å². The fourth-order valence-electron chi connectivity index (χ4n) is 1.77. The van der Waals surface area contributed by atoms with Crippen molar-refractivity contribution in [2.45, 2.75) is 6.42 Å². The van der Waals surface area contributed by atoms with E-state index in [-0.39, 0.29) is 0 Å². The first kappa shape index (κ1) is 14.4. The van der Waals surface area contributed by atoms with E-state index in [4.69, 9.17) is 12.2 Å². The molecule has 2 nitrogen and oxygen atoms in total. The van der Waals surface area contributed by atoms with Crippen LogP contribution in [0, 0.1) is 11.6 Å². The third-order valence-corrected chi connectivity index (χ3v) is 2.90. The molecule has 104 valence electrons. The summed E-state index contributed by atoms with van der Waals surface area (Å²) in [6.07, 6.45) is 0.491. The lowest BCUT2D eigenvalue weighted by atomic mass is 10.1. The Labute approximate surface area is 121 Å². The summed E-state index contributed by atoms with van der Waals surface area (Å²) in [4.78, 5) is 0. The summed E-state index contributed by atoms with van der Waals surface area (Å²) >= 11 is 5.13. The van der Waals surface area contributed by atoms with E-state index in [1.807, 2.05) is 30.3 Å². The molecule has 0 heterocycles. The number of para-hydroxylation sites is 1. The van der Waals surface area contributed by atoms with Crippen LogP contribution in [0.5, 0.6) is 0 Å². The first-order chi connectivity index (χ1) is 9.63. The SMILES string of the molecule is Fc1cc(F)cc(CCNC(=S)Nc2ccccc2)c1. The van der Waals surface area contributed by atoms with Gasteiger partial charge in [0.25, 0.3) is 0 Å². The lowest BCUT2D eigenvalue weighted by molar-refractivity contribution is 0.579. The van der Waals surface area contributed by atoms with Gasteiger partial charge in [-0.25, -0.2) is 8.78 Å². The average molecular weight is 292 g/mol. The van der Waals surface area contributed by atoms with Crippen molar-refractivity contribution in [3.63, 3.8) is 0 Å². The fraction of sp³-hybridized carbons (Fsp3) is 0.133. The second kappa shape index (κ2) is 6.96. The van der Waals surface area contributed by atoms with Gasteiger partial charge in [-0.2, -0.15) is 0 Å². The highest BCUT2D eigenvalue weighted by molar-refractivity contribution is 7.80. The number of rotatable bonds is 4. The molecule has 0 aliphatic rings. The Hall–Kier alpha value is -2.01. The fourth-order valence-corrected chi connectivity index (χ4v) is 1.99. The quantitative estimate of drug-likeness (QED) is 0.844. The molecule has 0 amide bonds. The van der Waals surface area contributed by atoms with Crippen molar-refractivity contribution in [2.24, 2.45) is 0 Å². The molecule has 0 unspecified atom stereocenters. The van der Waals surface area contributed by atoms with Crippen LogP contribution in [0.1, 0.15) is 5.56 Å². The number of nitrogens with one attached hydrogen (secondary N) is 2. The minimum Gasteiger partial charge on any atom is -0.362 e. The molecule has 0 aliphatic heterocycles. The Morgan fingerprint density at radius 1 is 1.00 bits per heavy atom. The number of thiocarbonyl (C=S) groups is 1. The summed E-state index contributed by atoms with van der Waals surface area (Å²) in [5.41, 5.74) is 1.49. The van der Waals surface area contributed by atoms with Gasteiger partial charge in [-0.3, -0.25) is 0 Å². The molecule has 2 aromatic rings. The maximum Gasteiger partial charge on any atom is 0.170 e. The van der Waals surface area contributed by atoms with E-state index < -0.39 is 11.6 Å². The third kappa shape index (κ3) is 4.59. The minimum atomic E-state index is -0.565. The zero-order valence-corrected chi connectivity index (χ0v) is 11.5. The van der Waals surface area contributed by atoms with Crippen LogP contribution >= 0.6 is 12.2 Å². The van der Waals surface area contributed by atoms with Gasteiger partial charge in [0.1, 0.15) is 11.6 Å². The van der Waals surface area contributed by atoms with Crippen molar-refractivity contribution in [1.29, 1.82) is 0 Å². The van der Waals surface area contributed by atoms with Crippen LogP contribution < -0.4 is 10.6 Å². The van der Waals surface area contributed by atoms with Gasteiger partial charge < -0.3 is 10.6 Å². The Morgan fingerprint density at radius 2 is 1.65 bits per heavy atom. The predicted molar refractivity (Wildman–Crippen MR) is 80.7 cm³/mol. The monoisotopic (exact) mass is 292 g/mol. The van der Waals surface area contributed by atoms with Crippen LogP contribution in [0.2, 0.25) is 0 Å². The summed E-state index contributed by atoms with van der Waals surface area (Å²) in [6.45, 7) is 0.502. The van der Waals surface area contributed by atoms with Crippen molar-refractivity contribution < 1.29 is 8.78 Å². The molecule has 20 heavy (non-hydrogen) atoms. The van der Waals surface area contributed by atoms with Gasteiger partial charge in [0.05, 0.1) is 0 Å². The van der Waals surface area contributed by atoms with Crippen molar-refractivity contribution >= 4 is 23.0 Å². The lowest BCUT2D eigenvalue weighted by Crippen LogP contribution is -2.30. The maximum absolute atomic E-state index is 13.0. The van der Waals surface area contributed by atoms with E-state index in [1.165, 1.54) is 12.1 Å². The number of hydrogen-bond donors (Lipinski definition) is 2. The van der Waals surface area contributed by atoms with Gasteiger partial charge in [-0.05, 0) is 48.5 Å². The van der Waals surface area contributed by atoms with E-state index in [9.17, 15) is 8.78 Å². The molecule has 0 saturated heterocycles. The average Bonchev–Trinajstić information content (AvgIpc) is 2.38. The number of halogens is 2. The Morgan fingerprint density at radius 3 is 2.30 bits per heavy atom. The number of benzene rings is 2. The molecule has 0 bridgehead atoms. The maximum atomic E-state index is 13.0. The normalized spacial score (nSPS) is 10.1. The highest BCUT2D eigenvalue weighted by Gasteiger charge is 2.01. The van der Waals surface area contributed by atoms with Crippen molar-refractivity contribution in [2.75, 3.05) is 11.9 Å². The zero-order chi connectivity index (χ0) is 14.4. The summed E-state index contributed by atoms with van der Waals surface area (Å²) in [7, 11) is 0. The lowest BCUT2D eigenvalue weighted by Gasteiger charge is -2.10. The molecule has 0 spiro atoms. The first-order valence-electron chi connectivity index (χ1n) is 6.18. The predicted octanol–water partition coefficient (Wildman–Crippen LogP) is 3.49. The van der Waals surface area contributed by atoms with E-state index in [2.05, 4.69) is 10.6 Å². The molecular weight excluding hydrogens is 278 g/mol. The van der Waals surface area contributed by atoms with Gasteiger partial charge in [-0.15, -0.1) is 0 Å². The van der Waals surface area contributed by atoms with Gasteiger partial charge in [0, 0.05) is 18.3 Å². The summed E-state index contributed by atoms with van der Waals surface area (Å²) in [5.74, 6) is -1.13. The molecule has 5 heteroatoms. The zero-order valence-electron chi connectivity index (χ0n) is 10.7. The van der Waals surface area contributed by atoms with E-state index >= 15 is 0 Å². The molecule has 0 aliphatic carbocycles. The number of hydrogen-bond acceptors (Lipinski definition) is 1. The van der Waals surface area contributed by atoms with Crippen molar-refractivity contribution in [1.82, 2.24) is 5.32 Å². The summed E-state index contributed by atoms with van der Waals surface area (Å²) in [6, 6.07) is 13.0. The topological polar surface area (TPSA) is 24.1 Å². The van der Waals surface area contributed by atoms with Gasteiger partial charge in [0.15, 0.2) is 5.11 Å². The molecule has 0 radical (unpaired) electrons. The largest absolute Gasteiger partial charge is 0.362 e. The first-order valence-corrected chi connectivity index (χ1v) is 6.59. The van der Waals surface area contributed by atoms with Crippen LogP contribution in [0.4, 0.5) is 14.5 Å². The third-order valence-electron chi connectivity index (χ3n) is 2.65. The van der Waals surface area contributed by atoms with Crippen LogP contribution in [0.25, 0.3) is 0 Å². The number of anilines is 1. The van der Waals surface area contributed by atoms with Gasteiger partial charge >= 0.3 is 0 Å². The van der Waals surface area contributed by atoms with Crippen LogP contribution in [-0.4, -0.2) is 11.7 Å². The van der Waals surface area contributed by atoms with E-state index in [0.29, 0.717) is 23.6 Å². The molecule has 2 N–H and O–H groups in total. The van der Waals surface area contributed by atoms with Crippen LogP contribution in [0.15, 0.2) is 48.5 Å². The second-order valence-corrected chi connectivity index (χ2v) is 4.68. The summed E-state index contributed by atoms with van der Waals surface area (Å²) in [5, 5.41) is 6.50. The molecule has 0 saturated carbocycles.